The van der Waals surface area contributed by atoms with Crippen molar-refractivity contribution in [2.75, 3.05) is 55.8 Å². The molecule has 136 valence electrons. The Morgan fingerprint density at radius 2 is 1.80 bits per heavy atom. The summed E-state index contributed by atoms with van der Waals surface area (Å²) in [5.74, 6) is 0. The Labute approximate surface area is 146 Å². The Hall–Kier alpha value is -2.33. The first-order valence-corrected chi connectivity index (χ1v) is 9.75. The number of nitrogens with zero attached hydrogens (tertiary/aromatic N) is 3. The van der Waals surface area contributed by atoms with E-state index < -0.39 is 16.1 Å². The molecule has 0 unspecified atom stereocenters. The van der Waals surface area contributed by atoms with Gasteiger partial charge in [0.25, 0.3) is 0 Å². The number of nitrogens with one attached hydrogen (secondary N) is 1. The lowest BCUT2D eigenvalue weighted by Crippen LogP contribution is -2.51. The van der Waals surface area contributed by atoms with E-state index in [2.05, 4.69) is 5.32 Å². The summed E-state index contributed by atoms with van der Waals surface area (Å²) >= 11 is 0. The highest BCUT2D eigenvalue weighted by Crippen LogP contribution is 2.28. The largest absolute Gasteiger partial charge is 0.447 e. The molecule has 0 atom stereocenters. The van der Waals surface area contributed by atoms with E-state index in [1.807, 2.05) is 0 Å². The molecule has 2 aliphatic rings. The number of benzene rings is 1. The molecule has 2 heterocycles. The van der Waals surface area contributed by atoms with E-state index >= 15 is 0 Å². The van der Waals surface area contributed by atoms with Crippen molar-refractivity contribution < 1.29 is 22.7 Å². The summed E-state index contributed by atoms with van der Waals surface area (Å²) in [5, 5.41) is 2.80. The fourth-order valence-electron chi connectivity index (χ4n) is 2.84. The molecular formula is C15H20N4O5S. The number of anilines is 2. The van der Waals surface area contributed by atoms with Gasteiger partial charge in [-0.3, -0.25) is 4.90 Å². The van der Waals surface area contributed by atoms with E-state index in [-0.39, 0.29) is 19.1 Å². The molecule has 0 spiro atoms. The van der Waals surface area contributed by atoms with Crippen LogP contribution in [0.5, 0.6) is 0 Å². The molecule has 1 aromatic rings. The van der Waals surface area contributed by atoms with Crippen LogP contribution < -0.4 is 10.2 Å². The van der Waals surface area contributed by atoms with E-state index in [0.717, 1.165) is 6.26 Å². The summed E-state index contributed by atoms with van der Waals surface area (Å²) in [6, 6.07) is 6.67. The van der Waals surface area contributed by atoms with Crippen molar-refractivity contribution in [3.8, 4) is 0 Å². The summed E-state index contributed by atoms with van der Waals surface area (Å²) < 4.78 is 29.4. The number of para-hydroxylation sites is 2. The molecule has 3 rings (SSSR count). The van der Waals surface area contributed by atoms with Gasteiger partial charge in [-0.15, -0.1) is 0 Å². The smallest absolute Gasteiger partial charge is 0.414 e. The zero-order valence-electron chi connectivity index (χ0n) is 13.8. The minimum Gasteiger partial charge on any atom is -0.447 e. The van der Waals surface area contributed by atoms with Gasteiger partial charge in [0.15, 0.2) is 0 Å². The number of cyclic esters (lactones) is 1. The maximum absolute atomic E-state index is 12.5. The predicted octanol–water partition coefficient (Wildman–Crippen LogP) is 0.752. The monoisotopic (exact) mass is 368 g/mol. The van der Waals surface area contributed by atoms with Gasteiger partial charge in [0, 0.05) is 26.2 Å². The van der Waals surface area contributed by atoms with Crippen LogP contribution in [0.15, 0.2) is 24.3 Å². The topological polar surface area (TPSA) is 99.3 Å². The van der Waals surface area contributed by atoms with E-state index in [4.69, 9.17) is 4.74 Å². The van der Waals surface area contributed by atoms with Crippen LogP contribution >= 0.6 is 0 Å². The summed E-state index contributed by atoms with van der Waals surface area (Å²) in [6.45, 7) is 1.91. The average molecular weight is 368 g/mol. The lowest BCUT2D eigenvalue weighted by Gasteiger charge is -2.33. The number of piperazine rings is 1. The van der Waals surface area contributed by atoms with E-state index in [1.54, 1.807) is 29.2 Å². The molecule has 9 nitrogen and oxygen atoms in total. The van der Waals surface area contributed by atoms with Crippen LogP contribution in [-0.4, -0.2) is 75.3 Å². The second-order valence-electron chi connectivity index (χ2n) is 5.86. The van der Waals surface area contributed by atoms with Crippen molar-refractivity contribution in [2.24, 2.45) is 0 Å². The zero-order chi connectivity index (χ0) is 18.0. The van der Waals surface area contributed by atoms with Crippen LogP contribution in [0.2, 0.25) is 0 Å². The third kappa shape index (κ3) is 3.85. The van der Waals surface area contributed by atoms with Gasteiger partial charge in [0.1, 0.15) is 6.61 Å². The van der Waals surface area contributed by atoms with Crippen molar-refractivity contribution in [1.29, 1.82) is 0 Å². The Morgan fingerprint density at radius 3 is 2.40 bits per heavy atom. The molecule has 1 aromatic carbocycles. The molecular weight excluding hydrogens is 348 g/mol. The third-order valence-electron chi connectivity index (χ3n) is 4.19. The maximum Gasteiger partial charge on any atom is 0.414 e. The summed E-state index contributed by atoms with van der Waals surface area (Å²) in [5.41, 5.74) is 1.09. The maximum atomic E-state index is 12.5. The van der Waals surface area contributed by atoms with Gasteiger partial charge in [-0.1, -0.05) is 12.1 Å². The number of hydrogen-bond acceptors (Lipinski definition) is 5. The fraction of sp³-hybridized carbons (Fsp3) is 0.467. The van der Waals surface area contributed by atoms with Crippen molar-refractivity contribution in [1.82, 2.24) is 9.21 Å². The van der Waals surface area contributed by atoms with Crippen molar-refractivity contribution >= 4 is 33.5 Å². The molecule has 0 aromatic heterocycles. The van der Waals surface area contributed by atoms with Gasteiger partial charge < -0.3 is 15.0 Å². The molecule has 2 fully saturated rings. The Balaban J connectivity index is 1.67. The van der Waals surface area contributed by atoms with Crippen molar-refractivity contribution in [2.45, 2.75) is 0 Å². The zero-order valence-corrected chi connectivity index (χ0v) is 14.7. The Kier molecular flexibility index (Phi) is 4.82. The molecule has 10 heteroatoms. The van der Waals surface area contributed by atoms with Gasteiger partial charge in [-0.25, -0.2) is 18.0 Å². The average Bonchev–Trinajstić information content (AvgIpc) is 3.00. The van der Waals surface area contributed by atoms with Crippen LogP contribution in [0.3, 0.4) is 0 Å². The first-order chi connectivity index (χ1) is 11.9. The lowest BCUT2D eigenvalue weighted by atomic mass is 10.2. The number of sulfonamides is 1. The quantitative estimate of drug-likeness (QED) is 0.849. The molecule has 0 bridgehead atoms. The normalized spacial score (nSPS) is 19.0. The van der Waals surface area contributed by atoms with Gasteiger partial charge in [-0.05, 0) is 12.1 Å². The van der Waals surface area contributed by atoms with Crippen molar-refractivity contribution in [3.05, 3.63) is 24.3 Å². The van der Waals surface area contributed by atoms with Gasteiger partial charge in [0.05, 0.1) is 24.2 Å². The second kappa shape index (κ2) is 6.89. The fourth-order valence-corrected chi connectivity index (χ4v) is 3.67. The molecule has 0 saturated carbocycles. The number of amides is 3. The van der Waals surface area contributed by atoms with Gasteiger partial charge in [0.2, 0.25) is 10.0 Å². The predicted molar refractivity (Wildman–Crippen MR) is 92.1 cm³/mol. The number of carbonyl (C=O) groups excluding carboxylic acids is 2. The molecule has 25 heavy (non-hydrogen) atoms. The number of hydrogen-bond donors (Lipinski definition) is 1. The van der Waals surface area contributed by atoms with Crippen LogP contribution in [0.4, 0.5) is 21.0 Å². The lowest BCUT2D eigenvalue weighted by molar-refractivity contribution is 0.181. The van der Waals surface area contributed by atoms with Crippen LogP contribution in [0.1, 0.15) is 0 Å². The Bertz CT molecular complexity index is 774. The van der Waals surface area contributed by atoms with E-state index in [1.165, 1.54) is 9.21 Å². The van der Waals surface area contributed by atoms with Gasteiger partial charge in [-0.2, -0.15) is 4.31 Å². The molecule has 1 N–H and O–H groups in total. The standard InChI is InChI=1S/C15H20N4O5S/c1-25(22,23)18-8-6-17(7-9-18)14(20)16-12-4-2-3-5-13(12)19-10-11-24-15(19)21/h2-5H,6-11H2,1H3,(H,16,20). The summed E-state index contributed by atoms with van der Waals surface area (Å²) in [7, 11) is -3.24. The SMILES string of the molecule is CS(=O)(=O)N1CCN(C(=O)Nc2ccccc2N2CCOC2=O)CC1. The first-order valence-electron chi connectivity index (χ1n) is 7.90. The van der Waals surface area contributed by atoms with Crippen LogP contribution in [-0.2, 0) is 14.8 Å². The Morgan fingerprint density at radius 1 is 1.12 bits per heavy atom. The molecule has 2 saturated heterocycles. The van der Waals surface area contributed by atoms with E-state index in [9.17, 15) is 18.0 Å². The second-order valence-corrected chi connectivity index (χ2v) is 7.84. The molecule has 2 aliphatic heterocycles. The van der Waals surface area contributed by atoms with Gasteiger partial charge >= 0.3 is 12.1 Å². The highest BCUT2D eigenvalue weighted by molar-refractivity contribution is 7.88. The highest BCUT2D eigenvalue weighted by Gasteiger charge is 2.28. The number of rotatable bonds is 3. The minimum atomic E-state index is -3.24. The number of carbonyl (C=O) groups is 2. The molecule has 3 amide bonds. The van der Waals surface area contributed by atoms with Crippen molar-refractivity contribution in [3.63, 3.8) is 0 Å². The highest BCUT2D eigenvalue weighted by atomic mass is 32.2. The van der Waals surface area contributed by atoms with Crippen LogP contribution in [0, 0.1) is 0 Å². The summed E-state index contributed by atoms with van der Waals surface area (Å²) in [6.07, 6.45) is 0.720. The molecule has 0 aliphatic carbocycles. The molecule has 0 radical (unpaired) electrons. The summed E-state index contributed by atoms with van der Waals surface area (Å²) in [4.78, 5) is 27.3. The number of urea groups is 1. The van der Waals surface area contributed by atoms with Crippen LogP contribution in [0.25, 0.3) is 0 Å². The minimum absolute atomic E-state index is 0.270. The van der Waals surface area contributed by atoms with E-state index in [0.29, 0.717) is 37.6 Å². The number of ether oxygens (including phenoxy) is 1. The third-order valence-corrected chi connectivity index (χ3v) is 5.50. The first kappa shape index (κ1) is 17.5.